The van der Waals surface area contributed by atoms with Crippen LogP contribution < -0.4 is 10.2 Å². The van der Waals surface area contributed by atoms with Crippen LogP contribution >= 0.6 is 0 Å². The Morgan fingerprint density at radius 2 is 1.94 bits per heavy atom. The highest BCUT2D eigenvalue weighted by molar-refractivity contribution is 5.75. The van der Waals surface area contributed by atoms with E-state index in [4.69, 9.17) is 9.84 Å². The van der Waals surface area contributed by atoms with Crippen molar-refractivity contribution in [3.05, 3.63) is 30.3 Å². The first-order chi connectivity index (χ1) is 8.18. The maximum Gasteiger partial charge on any atom is 0.332 e. The van der Waals surface area contributed by atoms with E-state index < -0.39 is 18.5 Å². The van der Waals surface area contributed by atoms with Gasteiger partial charge in [0.25, 0.3) is 0 Å². The van der Waals surface area contributed by atoms with Crippen molar-refractivity contribution in [3.8, 4) is 5.75 Å². The lowest BCUT2D eigenvalue weighted by Crippen LogP contribution is -2.27. The molecule has 6 heteroatoms. The van der Waals surface area contributed by atoms with E-state index in [2.05, 4.69) is 4.84 Å². The number of nitrogens with one attached hydrogen (secondary N) is 1. The molecule has 1 rings (SSSR count). The molecule has 0 saturated heterocycles. The van der Waals surface area contributed by atoms with E-state index in [-0.39, 0.29) is 13.0 Å². The van der Waals surface area contributed by atoms with Crippen LogP contribution in [0.5, 0.6) is 5.75 Å². The number of ether oxygens (including phenoxy) is 1. The van der Waals surface area contributed by atoms with Crippen LogP contribution in [0.15, 0.2) is 30.3 Å². The van der Waals surface area contributed by atoms with E-state index in [1.54, 1.807) is 12.1 Å². The molecule has 1 aromatic carbocycles. The molecule has 17 heavy (non-hydrogen) atoms. The number of hydrogen-bond donors (Lipinski definition) is 2. The molecule has 0 fully saturated rings. The van der Waals surface area contributed by atoms with Crippen LogP contribution in [0.1, 0.15) is 6.42 Å². The maximum absolute atomic E-state index is 11.1. The van der Waals surface area contributed by atoms with Crippen molar-refractivity contribution in [2.75, 3.05) is 13.2 Å². The summed E-state index contributed by atoms with van der Waals surface area (Å²) in [6, 6.07) is 9.06. The Balaban J connectivity index is 2.10. The quantitative estimate of drug-likeness (QED) is 0.680. The van der Waals surface area contributed by atoms with Crippen molar-refractivity contribution in [1.29, 1.82) is 0 Å². The molecule has 0 aromatic heterocycles. The molecule has 92 valence electrons. The largest absolute Gasteiger partial charge is 0.493 e. The van der Waals surface area contributed by atoms with Gasteiger partial charge in [-0.2, -0.15) is 0 Å². The molecule has 1 aromatic rings. The van der Waals surface area contributed by atoms with Crippen LogP contribution in [0.2, 0.25) is 0 Å². The summed E-state index contributed by atoms with van der Waals surface area (Å²) in [5, 5.41) is 8.25. The number of benzene rings is 1. The first-order valence-corrected chi connectivity index (χ1v) is 4.99. The Labute approximate surface area is 98.1 Å². The SMILES string of the molecule is O=C(O)CONC(=O)CCOc1ccccc1. The van der Waals surface area contributed by atoms with E-state index in [1.165, 1.54) is 0 Å². The molecule has 0 aliphatic carbocycles. The fourth-order valence-electron chi connectivity index (χ4n) is 1.01. The van der Waals surface area contributed by atoms with Crippen molar-refractivity contribution in [1.82, 2.24) is 5.48 Å². The standard InChI is InChI=1S/C11H13NO5/c13-10(12-17-8-11(14)15)6-7-16-9-4-2-1-3-5-9/h1-5H,6-8H2,(H,12,13)(H,14,15). The van der Waals surface area contributed by atoms with E-state index in [0.29, 0.717) is 5.75 Å². The molecule has 1 amide bonds. The molecule has 0 aliphatic heterocycles. The molecule has 0 radical (unpaired) electrons. The molecular weight excluding hydrogens is 226 g/mol. The van der Waals surface area contributed by atoms with E-state index in [0.717, 1.165) is 0 Å². The second kappa shape index (κ2) is 7.24. The zero-order valence-electron chi connectivity index (χ0n) is 9.09. The zero-order chi connectivity index (χ0) is 12.5. The molecule has 0 aliphatic rings. The lowest BCUT2D eigenvalue weighted by atomic mass is 10.3. The molecule has 0 bridgehead atoms. The van der Waals surface area contributed by atoms with Gasteiger partial charge in [-0.25, -0.2) is 10.3 Å². The normalized spacial score (nSPS) is 9.65. The molecule has 0 saturated carbocycles. The number of hydroxylamine groups is 1. The Bertz CT molecular complexity index is 365. The Kier molecular flexibility index (Phi) is 5.53. The minimum absolute atomic E-state index is 0.0918. The summed E-state index contributed by atoms with van der Waals surface area (Å²) in [5.41, 5.74) is 2.00. The van der Waals surface area contributed by atoms with Gasteiger partial charge in [-0.1, -0.05) is 18.2 Å². The van der Waals surface area contributed by atoms with Crippen molar-refractivity contribution in [2.24, 2.45) is 0 Å². The summed E-state index contributed by atoms with van der Waals surface area (Å²) in [6.45, 7) is -0.364. The third kappa shape index (κ3) is 6.16. The average molecular weight is 239 g/mol. The topological polar surface area (TPSA) is 84.9 Å². The van der Waals surface area contributed by atoms with Gasteiger partial charge in [0.05, 0.1) is 13.0 Å². The molecule has 0 atom stereocenters. The van der Waals surface area contributed by atoms with Crippen LogP contribution in [-0.2, 0) is 14.4 Å². The van der Waals surface area contributed by atoms with Crippen LogP contribution in [0.3, 0.4) is 0 Å². The molecule has 6 nitrogen and oxygen atoms in total. The van der Waals surface area contributed by atoms with E-state index in [9.17, 15) is 9.59 Å². The van der Waals surface area contributed by atoms with Gasteiger partial charge >= 0.3 is 5.97 Å². The molecule has 2 N–H and O–H groups in total. The van der Waals surface area contributed by atoms with Gasteiger partial charge in [0.2, 0.25) is 5.91 Å². The van der Waals surface area contributed by atoms with Crippen LogP contribution in [0.4, 0.5) is 0 Å². The fraction of sp³-hybridized carbons (Fsp3) is 0.273. The summed E-state index contributed by atoms with van der Waals surface area (Å²) in [6.07, 6.45) is 0.0918. The second-order valence-electron chi connectivity index (χ2n) is 3.12. The van der Waals surface area contributed by atoms with Gasteiger partial charge in [-0.15, -0.1) is 0 Å². The van der Waals surface area contributed by atoms with Gasteiger partial charge in [0.1, 0.15) is 5.75 Å². The highest BCUT2D eigenvalue weighted by Crippen LogP contribution is 2.08. The van der Waals surface area contributed by atoms with Gasteiger partial charge in [0, 0.05) is 0 Å². The van der Waals surface area contributed by atoms with E-state index in [1.807, 2.05) is 23.7 Å². The van der Waals surface area contributed by atoms with Crippen molar-refractivity contribution >= 4 is 11.9 Å². The minimum Gasteiger partial charge on any atom is -0.493 e. The summed E-state index contributed by atoms with van der Waals surface area (Å²) in [5.74, 6) is -0.903. The zero-order valence-corrected chi connectivity index (χ0v) is 9.09. The Morgan fingerprint density at radius 3 is 2.59 bits per heavy atom. The second-order valence-corrected chi connectivity index (χ2v) is 3.12. The van der Waals surface area contributed by atoms with Gasteiger partial charge in [-0.05, 0) is 12.1 Å². The number of carbonyl (C=O) groups is 2. The van der Waals surface area contributed by atoms with Crippen LogP contribution in [0.25, 0.3) is 0 Å². The van der Waals surface area contributed by atoms with Crippen molar-refractivity contribution < 1.29 is 24.3 Å². The number of carboxylic acid groups (broad SMARTS) is 1. The molecular formula is C11H13NO5. The predicted molar refractivity (Wildman–Crippen MR) is 58.3 cm³/mol. The lowest BCUT2D eigenvalue weighted by Gasteiger charge is -2.06. The Hall–Kier alpha value is -2.08. The number of carboxylic acids is 1. The first kappa shape index (κ1) is 13.0. The number of amides is 1. The number of aliphatic carboxylic acids is 1. The van der Waals surface area contributed by atoms with Gasteiger partial charge in [0.15, 0.2) is 6.61 Å². The predicted octanol–water partition coefficient (Wildman–Crippen LogP) is 0.588. The molecule has 0 heterocycles. The molecule has 0 unspecified atom stereocenters. The van der Waals surface area contributed by atoms with Gasteiger partial charge in [-0.3, -0.25) is 9.63 Å². The van der Waals surface area contributed by atoms with Crippen molar-refractivity contribution in [2.45, 2.75) is 6.42 Å². The van der Waals surface area contributed by atoms with Crippen LogP contribution in [0, 0.1) is 0 Å². The smallest absolute Gasteiger partial charge is 0.332 e. The van der Waals surface area contributed by atoms with E-state index >= 15 is 0 Å². The van der Waals surface area contributed by atoms with Crippen LogP contribution in [-0.4, -0.2) is 30.2 Å². The number of carbonyl (C=O) groups excluding carboxylic acids is 1. The highest BCUT2D eigenvalue weighted by atomic mass is 16.7. The number of hydrogen-bond acceptors (Lipinski definition) is 4. The molecule has 0 spiro atoms. The monoisotopic (exact) mass is 239 g/mol. The van der Waals surface area contributed by atoms with Crippen molar-refractivity contribution in [3.63, 3.8) is 0 Å². The third-order valence-electron chi connectivity index (χ3n) is 1.72. The average Bonchev–Trinajstić information content (AvgIpc) is 2.30. The summed E-state index contributed by atoms with van der Waals surface area (Å²) < 4.78 is 5.27. The first-order valence-electron chi connectivity index (χ1n) is 4.99. The third-order valence-corrected chi connectivity index (χ3v) is 1.72. The summed E-state index contributed by atoms with van der Waals surface area (Å²) in [7, 11) is 0. The highest BCUT2D eigenvalue weighted by Gasteiger charge is 2.03. The fourth-order valence-corrected chi connectivity index (χ4v) is 1.01. The summed E-state index contributed by atoms with van der Waals surface area (Å²) in [4.78, 5) is 25.6. The number of para-hydroxylation sites is 1. The van der Waals surface area contributed by atoms with Gasteiger partial charge < -0.3 is 9.84 Å². The lowest BCUT2D eigenvalue weighted by molar-refractivity contribution is -0.149. The maximum atomic E-state index is 11.1. The summed E-state index contributed by atoms with van der Waals surface area (Å²) >= 11 is 0. The minimum atomic E-state index is -1.15. The Morgan fingerprint density at radius 1 is 1.24 bits per heavy atom. The number of rotatable bonds is 7.